The van der Waals surface area contributed by atoms with Gasteiger partial charge in [0.05, 0.1) is 0 Å². The molecule has 144 valence electrons. The second-order valence-corrected chi connectivity index (χ2v) is 9.19. The van der Waals surface area contributed by atoms with E-state index >= 15 is 0 Å². The Kier molecular flexibility index (Phi) is 5.94. The zero-order chi connectivity index (χ0) is 18.6. The van der Waals surface area contributed by atoms with Crippen LogP contribution in [0.4, 0.5) is 0 Å². The monoisotopic (exact) mass is 381 g/mol. The molecule has 2 fully saturated rings. The lowest BCUT2D eigenvalue weighted by Crippen LogP contribution is -2.52. The van der Waals surface area contributed by atoms with Crippen LogP contribution < -0.4 is 0 Å². The molecule has 0 aromatic carbocycles. The quantitative estimate of drug-likeness (QED) is 0.698. The number of rotatable bonds is 6. The largest absolute Gasteiger partial charge is 0.385 e. The Labute approximate surface area is 155 Å². The van der Waals surface area contributed by atoms with Gasteiger partial charge in [0.2, 0.25) is 15.9 Å². The Bertz CT molecular complexity index is 715. The van der Waals surface area contributed by atoms with Crippen LogP contribution in [0.1, 0.15) is 32.1 Å². The molecule has 2 aliphatic heterocycles. The predicted octanol–water partition coefficient (Wildman–Crippen LogP) is 1.51. The number of hydrogen-bond acceptors (Lipinski definition) is 5. The minimum absolute atomic E-state index is 0.0436. The summed E-state index contributed by atoms with van der Waals surface area (Å²) in [5, 5.41) is 0. The molecule has 1 spiro atoms. The van der Waals surface area contributed by atoms with Crippen LogP contribution in [0.3, 0.4) is 0 Å². The summed E-state index contributed by atoms with van der Waals surface area (Å²) >= 11 is 0. The summed E-state index contributed by atoms with van der Waals surface area (Å²) in [7, 11) is -1.82. The van der Waals surface area contributed by atoms with Gasteiger partial charge < -0.3 is 9.64 Å². The van der Waals surface area contributed by atoms with E-state index in [9.17, 15) is 13.2 Å². The Morgan fingerprint density at radius 3 is 2.69 bits per heavy atom. The third-order valence-electron chi connectivity index (χ3n) is 5.58. The predicted molar refractivity (Wildman–Crippen MR) is 97.0 cm³/mol. The van der Waals surface area contributed by atoms with Gasteiger partial charge in [-0.1, -0.05) is 0 Å². The minimum atomic E-state index is -3.49. The van der Waals surface area contributed by atoms with E-state index in [1.807, 2.05) is 4.90 Å². The number of pyridine rings is 1. The fraction of sp³-hybridized carbons (Fsp3) is 0.667. The first-order valence-electron chi connectivity index (χ1n) is 9.14. The molecule has 7 nitrogen and oxygen atoms in total. The van der Waals surface area contributed by atoms with E-state index in [1.165, 1.54) is 6.20 Å². The summed E-state index contributed by atoms with van der Waals surface area (Å²) < 4.78 is 32.2. The standard InChI is InChI=1S/C18H27N3O4S/c1-25-13-3-10-20-15-18(6-5-17(20)22)7-11-21(12-8-18)26(23,24)16-4-2-9-19-14-16/h2,4,9,14H,3,5-8,10-13,15H2,1H3. The first-order valence-corrected chi connectivity index (χ1v) is 10.6. The summed E-state index contributed by atoms with van der Waals surface area (Å²) in [6.45, 7) is 3.09. The van der Waals surface area contributed by atoms with E-state index in [2.05, 4.69) is 4.98 Å². The van der Waals surface area contributed by atoms with Crippen molar-refractivity contribution in [3.63, 3.8) is 0 Å². The van der Waals surface area contributed by atoms with E-state index in [0.717, 1.165) is 32.2 Å². The van der Waals surface area contributed by atoms with Gasteiger partial charge in [-0.25, -0.2) is 8.42 Å². The number of nitrogens with zero attached hydrogens (tertiary/aromatic N) is 3. The van der Waals surface area contributed by atoms with Gasteiger partial charge in [-0.15, -0.1) is 0 Å². The van der Waals surface area contributed by atoms with Crippen molar-refractivity contribution < 1.29 is 17.9 Å². The van der Waals surface area contributed by atoms with Gasteiger partial charge in [-0.2, -0.15) is 4.31 Å². The zero-order valence-corrected chi connectivity index (χ0v) is 16.1. The van der Waals surface area contributed by atoms with Crippen LogP contribution >= 0.6 is 0 Å². The van der Waals surface area contributed by atoms with Crippen LogP contribution in [0, 0.1) is 5.41 Å². The van der Waals surface area contributed by atoms with Gasteiger partial charge in [0.25, 0.3) is 0 Å². The summed E-state index contributed by atoms with van der Waals surface area (Å²) in [6, 6.07) is 3.23. The zero-order valence-electron chi connectivity index (χ0n) is 15.3. The molecule has 1 aromatic rings. The van der Waals surface area contributed by atoms with Gasteiger partial charge >= 0.3 is 0 Å². The van der Waals surface area contributed by atoms with Crippen molar-refractivity contribution in [2.24, 2.45) is 5.41 Å². The lowest BCUT2D eigenvalue weighted by molar-refractivity contribution is -0.139. The van der Waals surface area contributed by atoms with Gasteiger partial charge in [-0.3, -0.25) is 9.78 Å². The molecule has 3 rings (SSSR count). The molecule has 0 atom stereocenters. The third-order valence-corrected chi connectivity index (χ3v) is 7.46. The van der Waals surface area contributed by atoms with Crippen molar-refractivity contribution in [1.82, 2.24) is 14.2 Å². The Morgan fingerprint density at radius 1 is 1.27 bits per heavy atom. The summed E-state index contributed by atoms with van der Waals surface area (Å²) in [5.41, 5.74) is 0.0436. The number of likely N-dealkylation sites (tertiary alicyclic amines) is 1. The number of hydrogen-bond donors (Lipinski definition) is 0. The van der Waals surface area contributed by atoms with E-state index in [4.69, 9.17) is 4.74 Å². The molecular formula is C18H27N3O4S. The molecule has 0 radical (unpaired) electrons. The molecular weight excluding hydrogens is 354 g/mol. The number of methoxy groups -OCH3 is 1. The van der Waals surface area contributed by atoms with Gasteiger partial charge in [0.15, 0.2) is 0 Å². The van der Waals surface area contributed by atoms with Crippen LogP contribution in [-0.2, 0) is 19.6 Å². The van der Waals surface area contributed by atoms with E-state index in [1.54, 1.807) is 29.7 Å². The normalized spacial score (nSPS) is 21.3. The van der Waals surface area contributed by atoms with Crippen molar-refractivity contribution in [2.75, 3.05) is 39.9 Å². The highest BCUT2D eigenvalue weighted by atomic mass is 32.2. The topological polar surface area (TPSA) is 79.8 Å². The van der Waals surface area contributed by atoms with Crippen LogP contribution in [0.5, 0.6) is 0 Å². The molecule has 26 heavy (non-hydrogen) atoms. The molecule has 0 N–H and O–H groups in total. The average molecular weight is 381 g/mol. The van der Waals surface area contributed by atoms with Crippen molar-refractivity contribution in [2.45, 2.75) is 37.0 Å². The number of sulfonamides is 1. The molecule has 2 saturated heterocycles. The summed E-state index contributed by atoms with van der Waals surface area (Å²) in [5.74, 6) is 0.206. The number of aromatic nitrogens is 1. The molecule has 8 heteroatoms. The van der Waals surface area contributed by atoms with E-state index < -0.39 is 10.0 Å². The molecule has 2 aliphatic rings. The van der Waals surface area contributed by atoms with Crippen molar-refractivity contribution in [3.8, 4) is 0 Å². The fourth-order valence-electron chi connectivity index (χ4n) is 3.96. The number of ether oxygens (including phenoxy) is 1. The number of carbonyl (C=O) groups excluding carboxylic acids is 1. The Balaban J connectivity index is 1.63. The maximum Gasteiger partial charge on any atom is 0.244 e. The van der Waals surface area contributed by atoms with E-state index in [-0.39, 0.29) is 16.2 Å². The molecule has 1 aromatic heterocycles. The molecule has 1 amide bonds. The second-order valence-electron chi connectivity index (χ2n) is 7.25. The van der Waals surface area contributed by atoms with Crippen LogP contribution in [0.25, 0.3) is 0 Å². The first kappa shape index (κ1) is 19.3. The number of amides is 1. The maximum atomic E-state index is 12.8. The lowest BCUT2D eigenvalue weighted by atomic mass is 9.72. The summed E-state index contributed by atoms with van der Waals surface area (Å²) in [4.78, 5) is 18.3. The minimum Gasteiger partial charge on any atom is -0.385 e. The van der Waals surface area contributed by atoms with Crippen molar-refractivity contribution in [1.29, 1.82) is 0 Å². The number of carbonyl (C=O) groups is 1. The molecule has 3 heterocycles. The lowest BCUT2D eigenvalue weighted by Gasteiger charge is -2.47. The molecule has 0 aliphatic carbocycles. The highest BCUT2D eigenvalue weighted by molar-refractivity contribution is 7.89. The molecule has 0 unspecified atom stereocenters. The van der Waals surface area contributed by atoms with Gasteiger partial charge in [0, 0.05) is 58.7 Å². The van der Waals surface area contributed by atoms with Crippen LogP contribution in [0.2, 0.25) is 0 Å². The van der Waals surface area contributed by atoms with Gasteiger partial charge in [0.1, 0.15) is 4.90 Å². The van der Waals surface area contributed by atoms with Gasteiger partial charge in [-0.05, 0) is 43.2 Å². The SMILES string of the molecule is COCCCN1CC2(CCC1=O)CCN(S(=O)(=O)c1cccnc1)CC2. The van der Waals surface area contributed by atoms with Crippen LogP contribution in [0.15, 0.2) is 29.4 Å². The number of piperidine rings is 2. The summed E-state index contributed by atoms with van der Waals surface area (Å²) in [6.07, 6.45) is 6.80. The second kappa shape index (κ2) is 8.02. The Morgan fingerprint density at radius 2 is 2.04 bits per heavy atom. The maximum absolute atomic E-state index is 12.8. The highest BCUT2D eigenvalue weighted by Crippen LogP contribution is 2.41. The van der Waals surface area contributed by atoms with E-state index in [0.29, 0.717) is 32.7 Å². The van der Waals surface area contributed by atoms with Crippen molar-refractivity contribution in [3.05, 3.63) is 24.5 Å². The Hall–Kier alpha value is -1.51. The fourth-order valence-corrected chi connectivity index (χ4v) is 5.37. The third kappa shape index (κ3) is 4.07. The van der Waals surface area contributed by atoms with Crippen molar-refractivity contribution >= 4 is 15.9 Å². The van der Waals surface area contributed by atoms with Crippen LogP contribution in [-0.4, -0.2) is 68.4 Å². The molecule has 0 saturated carbocycles. The first-order chi connectivity index (χ1) is 12.5. The average Bonchev–Trinajstić information content (AvgIpc) is 2.66. The smallest absolute Gasteiger partial charge is 0.244 e. The highest BCUT2D eigenvalue weighted by Gasteiger charge is 2.43. The molecule has 0 bridgehead atoms.